The molecule has 4 nitrogen and oxygen atoms in total. The molecule has 2 aromatic rings. The third kappa shape index (κ3) is 4.75. The van der Waals surface area contributed by atoms with Gasteiger partial charge >= 0.3 is 0 Å². The van der Waals surface area contributed by atoms with Gasteiger partial charge in [0.1, 0.15) is 11.5 Å². The van der Waals surface area contributed by atoms with E-state index in [4.69, 9.17) is 9.47 Å². The second kappa shape index (κ2) is 8.96. The van der Waals surface area contributed by atoms with E-state index in [0.29, 0.717) is 19.6 Å². The zero-order chi connectivity index (χ0) is 17.4. The first kappa shape index (κ1) is 17.9. The van der Waals surface area contributed by atoms with Crippen LogP contribution in [0.15, 0.2) is 48.5 Å². The molecule has 128 valence electrons. The molecule has 1 N–H and O–H groups in total. The quantitative estimate of drug-likeness (QED) is 0.801. The molecule has 1 unspecified atom stereocenters. The van der Waals surface area contributed by atoms with Gasteiger partial charge in [-0.05, 0) is 38.0 Å². The van der Waals surface area contributed by atoms with Crippen molar-refractivity contribution in [3.05, 3.63) is 59.7 Å². The van der Waals surface area contributed by atoms with E-state index in [-0.39, 0.29) is 5.91 Å². The first-order valence-corrected chi connectivity index (χ1v) is 8.36. The second-order valence-electron chi connectivity index (χ2n) is 5.54. The van der Waals surface area contributed by atoms with Gasteiger partial charge in [0.05, 0.1) is 6.61 Å². The Bertz CT molecular complexity index is 669. The van der Waals surface area contributed by atoms with Crippen molar-refractivity contribution in [2.24, 2.45) is 0 Å². The molecular formula is C20H25NO3. The zero-order valence-corrected chi connectivity index (χ0v) is 14.5. The van der Waals surface area contributed by atoms with Gasteiger partial charge in [-0.25, -0.2) is 0 Å². The Morgan fingerprint density at radius 3 is 2.38 bits per heavy atom. The number of carbonyl (C=O) groups excluding carboxylic acids is 1. The molecule has 2 rings (SSSR count). The molecule has 4 heteroatoms. The smallest absolute Gasteiger partial charge is 0.261 e. The van der Waals surface area contributed by atoms with Crippen LogP contribution in [0.25, 0.3) is 0 Å². The van der Waals surface area contributed by atoms with Gasteiger partial charge < -0.3 is 14.8 Å². The summed E-state index contributed by atoms with van der Waals surface area (Å²) in [6, 6.07) is 15.4. The average Bonchev–Trinajstić information content (AvgIpc) is 2.60. The van der Waals surface area contributed by atoms with Crippen LogP contribution in [-0.2, 0) is 11.3 Å². The minimum absolute atomic E-state index is 0.118. The molecule has 0 fully saturated rings. The summed E-state index contributed by atoms with van der Waals surface area (Å²) in [5.74, 6) is 1.43. The molecule has 0 saturated heterocycles. The molecule has 2 aromatic carbocycles. The lowest BCUT2D eigenvalue weighted by molar-refractivity contribution is -0.128. The molecular weight excluding hydrogens is 302 g/mol. The number of para-hydroxylation sites is 2. The fourth-order valence-corrected chi connectivity index (χ4v) is 2.41. The molecule has 1 amide bonds. The Labute approximate surface area is 143 Å². The Morgan fingerprint density at radius 1 is 1.04 bits per heavy atom. The topological polar surface area (TPSA) is 47.6 Å². The van der Waals surface area contributed by atoms with Gasteiger partial charge in [0, 0.05) is 12.1 Å². The number of rotatable bonds is 8. The summed E-state index contributed by atoms with van der Waals surface area (Å²) >= 11 is 0. The monoisotopic (exact) mass is 327 g/mol. The molecule has 0 aliphatic rings. The van der Waals surface area contributed by atoms with E-state index in [1.54, 1.807) is 0 Å². The summed E-state index contributed by atoms with van der Waals surface area (Å²) in [7, 11) is 0. The molecule has 1 atom stereocenters. The first-order chi connectivity index (χ1) is 11.7. The number of hydrogen-bond acceptors (Lipinski definition) is 3. The predicted molar refractivity (Wildman–Crippen MR) is 95.3 cm³/mol. The summed E-state index contributed by atoms with van der Waals surface area (Å²) in [5.41, 5.74) is 1.98. The van der Waals surface area contributed by atoms with Crippen molar-refractivity contribution in [3.63, 3.8) is 0 Å². The summed E-state index contributed by atoms with van der Waals surface area (Å²) < 4.78 is 11.5. The number of amides is 1. The molecule has 0 saturated carbocycles. The van der Waals surface area contributed by atoms with Crippen LogP contribution >= 0.6 is 0 Å². The van der Waals surface area contributed by atoms with Crippen molar-refractivity contribution in [1.29, 1.82) is 0 Å². The largest absolute Gasteiger partial charge is 0.494 e. The number of ether oxygens (including phenoxy) is 2. The highest BCUT2D eigenvalue weighted by Crippen LogP contribution is 2.20. The number of carbonyl (C=O) groups is 1. The maximum absolute atomic E-state index is 12.5. The summed E-state index contributed by atoms with van der Waals surface area (Å²) in [5, 5.41) is 2.94. The van der Waals surface area contributed by atoms with E-state index in [2.05, 4.69) is 5.32 Å². The van der Waals surface area contributed by atoms with Crippen LogP contribution in [0, 0.1) is 6.92 Å². The van der Waals surface area contributed by atoms with E-state index in [1.807, 2.05) is 69.3 Å². The molecule has 0 bridgehead atoms. The van der Waals surface area contributed by atoms with Crippen LogP contribution in [0.3, 0.4) is 0 Å². The van der Waals surface area contributed by atoms with E-state index < -0.39 is 6.10 Å². The van der Waals surface area contributed by atoms with Crippen molar-refractivity contribution in [3.8, 4) is 11.5 Å². The van der Waals surface area contributed by atoms with Crippen molar-refractivity contribution in [2.75, 3.05) is 6.61 Å². The number of nitrogens with one attached hydrogen (secondary N) is 1. The molecule has 0 heterocycles. The maximum Gasteiger partial charge on any atom is 0.261 e. The van der Waals surface area contributed by atoms with E-state index >= 15 is 0 Å². The summed E-state index contributed by atoms with van der Waals surface area (Å²) in [6.45, 7) is 6.87. The van der Waals surface area contributed by atoms with Crippen molar-refractivity contribution >= 4 is 5.91 Å². The zero-order valence-electron chi connectivity index (χ0n) is 14.5. The van der Waals surface area contributed by atoms with Crippen LogP contribution < -0.4 is 14.8 Å². The molecule has 0 spiro atoms. The molecule has 0 aliphatic heterocycles. The minimum atomic E-state index is -0.509. The lowest BCUT2D eigenvalue weighted by atomic mass is 10.2. The Kier molecular flexibility index (Phi) is 6.67. The Hall–Kier alpha value is -2.49. The van der Waals surface area contributed by atoms with Gasteiger partial charge in [-0.2, -0.15) is 0 Å². The SMILES string of the molecule is CCOc1ccccc1CNC(=O)C(CC)Oc1ccccc1C. The van der Waals surface area contributed by atoms with Gasteiger partial charge in [-0.1, -0.05) is 43.3 Å². The highest BCUT2D eigenvalue weighted by Gasteiger charge is 2.19. The summed E-state index contributed by atoms with van der Waals surface area (Å²) in [4.78, 5) is 12.5. The highest BCUT2D eigenvalue weighted by molar-refractivity contribution is 5.81. The fourth-order valence-electron chi connectivity index (χ4n) is 2.41. The third-order valence-electron chi connectivity index (χ3n) is 3.75. The van der Waals surface area contributed by atoms with Crippen LogP contribution in [-0.4, -0.2) is 18.6 Å². The van der Waals surface area contributed by atoms with E-state index in [1.165, 1.54) is 0 Å². The van der Waals surface area contributed by atoms with Gasteiger partial charge in [-0.3, -0.25) is 4.79 Å². The fraction of sp³-hybridized carbons (Fsp3) is 0.350. The van der Waals surface area contributed by atoms with Crippen LogP contribution in [0.2, 0.25) is 0 Å². The molecule has 24 heavy (non-hydrogen) atoms. The average molecular weight is 327 g/mol. The lowest BCUT2D eigenvalue weighted by Crippen LogP contribution is -2.37. The van der Waals surface area contributed by atoms with E-state index in [9.17, 15) is 4.79 Å². The van der Waals surface area contributed by atoms with Gasteiger partial charge in [-0.15, -0.1) is 0 Å². The van der Waals surface area contributed by atoms with E-state index in [0.717, 1.165) is 22.6 Å². The van der Waals surface area contributed by atoms with Crippen LogP contribution in [0.4, 0.5) is 0 Å². The normalized spacial score (nSPS) is 11.6. The number of benzene rings is 2. The number of hydrogen-bond donors (Lipinski definition) is 1. The minimum Gasteiger partial charge on any atom is -0.494 e. The lowest BCUT2D eigenvalue weighted by Gasteiger charge is -2.19. The first-order valence-electron chi connectivity index (χ1n) is 8.36. The van der Waals surface area contributed by atoms with Crippen LogP contribution in [0.5, 0.6) is 11.5 Å². The van der Waals surface area contributed by atoms with Crippen LogP contribution in [0.1, 0.15) is 31.4 Å². The van der Waals surface area contributed by atoms with Crippen molar-refractivity contribution < 1.29 is 14.3 Å². The second-order valence-corrected chi connectivity index (χ2v) is 5.54. The van der Waals surface area contributed by atoms with Crippen molar-refractivity contribution in [1.82, 2.24) is 5.32 Å². The predicted octanol–water partition coefficient (Wildman–Crippen LogP) is 3.87. The number of aryl methyl sites for hydroxylation is 1. The Morgan fingerprint density at radius 2 is 1.71 bits per heavy atom. The maximum atomic E-state index is 12.5. The molecule has 0 aliphatic carbocycles. The highest BCUT2D eigenvalue weighted by atomic mass is 16.5. The van der Waals surface area contributed by atoms with Crippen molar-refractivity contribution in [2.45, 2.75) is 39.8 Å². The molecule has 0 aromatic heterocycles. The third-order valence-corrected chi connectivity index (χ3v) is 3.75. The summed E-state index contributed by atoms with van der Waals surface area (Å²) in [6.07, 6.45) is 0.0955. The standard InChI is InChI=1S/C20H25NO3/c1-4-17(24-18-12-8-6-10-15(18)3)20(22)21-14-16-11-7-9-13-19(16)23-5-2/h6-13,17H,4-5,14H2,1-3H3,(H,21,22). The van der Waals surface area contributed by atoms with Gasteiger partial charge in [0.25, 0.3) is 5.91 Å². The van der Waals surface area contributed by atoms with Gasteiger partial charge in [0.2, 0.25) is 0 Å². The van der Waals surface area contributed by atoms with Gasteiger partial charge in [0.15, 0.2) is 6.10 Å². The Balaban J connectivity index is 1.99. The molecule has 0 radical (unpaired) electrons.